The van der Waals surface area contributed by atoms with Crippen LogP contribution >= 0.6 is 0 Å². The van der Waals surface area contributed by atoms with Crippen LogP contribution in [0.2, 0.25) is 0 Å². The zero-order valence-electron chi connectivity index (χ0n) is 12.5. The Kier molecular flexibility index (Phi) is 4.68. The molecule has 2 rings (SSSR count). The molecule has 18 heavy (non-hydrogen) atoms. The highest BCUT2D eigenvalue weighted by Crippen LogP contribution is 2.34. The molecule has 0 aromatic carbocycles. The predicted octanol–water partition coefficient (Wildman–Crippen LogP) is 1.67. The summed E-state index contributed by atoms with van der Waals surface area (Å²) in [7, 11) is 2.21. The third-order valence-electron chi connectivity index (χ3n) is 5.16. The van der Waals surface area contributed by atoms with Gasteiger partial charge in [0.05, 0.1) is 6.10 Å². The molecule has 2 fully saturated rings. The fourth-order valence-electron chi connectivity index (χ4n) is 3.76. The molecule has 5 unspecified atom stereocenters. The summed E-state index contributed by atoms with van der Waals surface area (Å²) in [5.74, 6) is 1.84. The Morgan fingerprint density at radius 3 is 2.44 bits per heavy atom. The standard InChI is InChI=1S/C15H30N2O/c1-11-7-12(2)14(15(18)8-11)10-17-6-5-16(4)13(3)9-17/h11-15,18H,5-10H2,1-4H3. The first-order valence-corrected chi connectivity index (χ1v) is 7.58. The summed E-state index contributed by atoms with van der Waals surface area (Å²) in [5.41, 5.74) is 0. The lowest BCUT2D eigenvalue weighted by Crippen LogP contribution is -2.53. The minimum Gasteiger partial charge on any atom is -0.393 e. The SMILES string of the molecule is CC1CC(C)C(CN2CCN(C)C(C)C2)C(O)C1. The van der Waals surface area contributed by atoms with Crippen molar-refractivity contribution in [3.8, 4) is 0 Å². The van der Waals surface area contributed by atoms with E-state index in [2.05, 4.69) is 37.6 Å². The number of nitrogens with zero attached hydrogens (tertiary/aromatic N) is 2. The number of aliphatic hydroxyl groups is 1. The van der Waals surface area contributed by atoms with E-state index in [9.17, 15) is 5.11 Å². The van der Waals surface area contributed by atoms with Crippen LogP contribution in [-0.4, -0.2) is 60.3 Å². The van der Waals surface area contributed by atoms with E-state index in [0.717, 1.165) is 32.6 Å². The molecular weight excluding hydrogens is 224 g/mol. The lowest BCUT2D eigenvalue weighted by Gasteiger charge is -2.43. The average Bonchev–Trinajstić information content (AvgIpc) is 2.28. The fraction of sp³-hybridized carbons (Fsp3) is 1.00. The number of aliphatic hydroxyl groups excluding tert-OH is 1. The second kappa shape index (κ2) is 5.89. The predicted molar refractivity (Wildman–Crippen MR) is 75.6 cm³/mol. The van der Waals surface area contributed by atoms with Gasteiger partial charge >= 0.3 is 0 Å². The second-order valence-electron chi connectivity index (χ2n) is 6.87. The molecule has 0 bridgehead atoms. The zero-order valence-corrected chi connectivity index (χ0v) is 12.5. The molecule has 0 radical (unpaired) electrons. The summed E-state index contributed by atoms with van der Waals surface area (Å²) in [6.07, 6.45) is 2.20. The van der Waals surface area contributed by atoms with Crippen LogP contribution in [0.25, 0.3) is 0 Å². The first-order chi connectivity index (χ1) is 8.47. The van der Waals surface area contributed by atoms with Crippen molar-refractivity contribution in [1.82, 2.24) is 9.80 Å². The molecule has 1 saturated carbocycles. The van der Waals surface area contributed by atoms with Crippen LogP contribution in [0, 0.1) is 17.8 Å². The lowest BCUT2D eigenvalue weighted by molar-refractivity contribution is -0.0136. The molecule has 1 saturated heterocycles. The Bertz CT molecular complexity index is 259. The molecule has 1 N–H and O–H groups in total. The van der Waals surface area contributed by atoms with Gasteiger partial charge in [-0.15, -0.1) is 0 Å². The molecule has 3 nitrogen and oxygen atoms in total. The van der Waals surface area contributed by atoms with Gasteiger partial charge in [-0.05, 0) is 38.6 Å². The van der Waals surface area contributed by atoms with Crippen molar-refractivity contribution in [2.45, 2.75) is 45.8 Å². The van der Waals surface area contributed by atoms with Gasteiger partial charge in [-0.25, -0.2) is 0 Å². The Labute approximate surface area is 112 Å². The maximum atomic E-state index is 10.3. The first kappa shape index (κ1) is 14.3. The first-order valence-electron chi connectivity index (χ1n) is 7.58. The molecule has 0 amide bonds. The van der Waals surface area contributed by atoms with Gasteiger partial charge in [-0.3, -0.25) is 0 Å². The van der Waals surface area contributed by atoms with Gasteiger partial charge in [0.15, 0.2) is 0 Å². The van der Waals surface area contributed by atoms with Crippen LogP contribution in [0.3, 0.4) is 0 Å². The molecule has 0 spiro atoms. The molecular formula is C15H30N2O. The van der Waals surface area contributed by atoms with E-state index in [1.807, 2.05) is 0 Å². The lowest BCUT2D eigenvalue weighted by atomic mass is 9.73. The van der Waals surface area contributed by atoms with Crippen LogP contribution in [0.1, 0.15) is 33.6 Å². The fourth-order valence-corrected chi connectivity index (χ4v) is 3.76. The monoisotopic (exact) mass is 254 g/mol. The van der Waals surface area contributed by atoms with Crippen molar-refractivity contribution in [1.29, 1.82) is 0 Å². The summed E-state index contributed by atoms with van der Waals surface area (Å²) < 4.78 is 0. The molecule has 1 heterocycles. The van der Waals surface area contributed by atoms with Crippen LogP contribution in [0.5, 0.6) is 0 Å². The van der Waals surface area contributed by atoms with E-state index in [0.29, 0.717) is 23.8 Å². The van der Waals surface area contributed by atoms with Gasteiger partial charge in [0, 0.05) is 38.1 Å². The largest absolute Gasteiger partial charge is 0.393 e. The van der Waals surface area contributed by atoms with Crippen molar-refractivity contribution in [3.05, 3.63) is 0 Å². The molecule has 0 aromatic rings. The smallest absolute Gasteiger partial charge is 0.0585 e. The molecule has 0 aromatic heterocycles. The maximum Gasteiger partial charge on any atom is 0.0585 e. The van der Waals surface area contributed by atoms with Crippen molar-refractivity contribution < 1.29 is 5.11 Å². The van der Waals surface area contributed by atoms with E-state index in [1.165, 1.54) is 6.42 Å². The number of piperazine rings is 1. The third-order valence-corrected chi connectivity index (χ3v) is 5.16. The zero-order chi connectivity index (χ0) is 13.3. The van der Waals surface area contributed by atoms with Gasteiger partial charge in [-0.2, -0.15) is 0 Å². The summed E-state index contributed by atoms with van der Waals surface area (Å²) in [5, 5.41) is 10.3. The van der Waals surface area contributed by atoms with Crippen molar-refractivity contribution in [2.75, 3.05) is 33.2 Å². The van der Waals surface area contributed by atoms with Crippen LogP contribution < -0.4 is 0 Å². The minimum absolute atomic E-state index is 0.0845. The highest BCUT2D eigenvalue weighted by Gasteiger charge is 2.34. The number of hydrogen-bond donors (Lipinski definition) is 1. The molecule has 5 atom stereocenters. The van der Waals surface area contributed by atoms with E-state index in [-0.39, 0.29) is 6.10 Å². The third kappa shape index (κ3) is 3.25. The van der Waals surface area contributed by atoms with Crippen molar-refractivity contribution in [3.63, 3.8) is 0 Å². The summed E-state index contributed by atoms with van der Waals surface area (Å²) >= 11 is 0. The minimum atomic E-state index is -0.0845. The number of rotatable bonds is 2. The van der Waals surface area contributed by atoms with Crippen LogP contribution in [0.4, 0.5) is 0 Å². The molecule has 2 aliphatic rings. The normalized spacial score (nSPS) is 44.2. The van der Waals surface area contributed by atoms with E-state index >= 15 is 0 Å². The van der Waals surface area contributed by atoms with Gasteiger partial charge in [-0.1, -0.05) is 13.8 Å². The quantitative estimate of drug-likeness (QED) is 0.812. The van der Waals surface area contributed by atoms with E-state index in [4.69, 9.17) is 0 Å². The van der Waals surface area contributed by atoms with E-state index < -0.39 is 0 Å². The Hall–Kier alpha value is -0.120. The molecule has 3 heteroatoms. The van der Waals surface area contributed by atoms with Crippen molar-refractivity contribution in [2.24, 2.45) is 17.8 Å². The van der Waals surface area contributed by atoms with Gasteiger partial charge in [0.2, 0.25) is 0 Å². The summed E-state index contributed by atoms with van der Waals surface area (Å²) in [4.78, 5) is 4.99. The molecule has 106 valence electrons. The summed E-state index contributed by atoms with van der Waals surface area (Å²) in [6.45, 7) is 11.5. The van der Waals surface area contributed by atoms with Gasteiger partial charge < -0.3 is 14.9 Å². The maximum absolute atomic E-state index is 10.3. The topological polar surface area (TPSA) is 26.7 Å². The highest BCUT2D eigenvalue weighted by atomic mass is 16.3. The number of likely N-dealkylation sites (N-methyl/N-ethyl adjacent to an activating group) is 1. The number of hydrogen-bond acceptors (Lipinski definition) is 3. The average molecular weight is 254 g/mol. The van der Waals surface area contributed by atoms with Gasteiger partial charge in [0.25, 0.3) is 0 Å². The Morgan fingerprint density at radius 2 is 1.83 bits per heavy atom. The Balaban J connectivity index is 1.88. The summed E-state index contributed by atoms with van der Waals surface area (Å²) in [6, 6.07) is 0.647. The van der Waals surface area contributed by atoms with Crippen LogP contribution in [-0.2, 0) is 0 Å². The Morgan fingerprint density at radius 1 is 1.11 bits per heavy atom. The molecule has 1 aliphatic heterocycles. The second-order valence-corrected chi connectivity index (χ2v) is 6.87. The van der Waals surface area contributed by atoms with Gasteiger partial charge in [0.1, 0.15) is 0 Å². The van der Waals surface area contributed by atoms with Crippen molar-refractivity contribution >= 4 is 0 Å². The highest BCUT2D eigenvalue weighted by molar-refractivity contribution is 4.87. The molecule has 1 aliphatic carbocycles. The van der Waals surface area contributed by atoms with E-state index in [1.54, 1.807) is 0 Å². The van der Waals surface area contributed by atoms with Crippen LogP contribution in [0.15, 0.2) is 0 Å².